The Hall–Kier alpha value is -3.31. The summed E-state index contributed by atoms with van der Waals surface area (Å²) in [6, 6.07) is 21.9. The molecule has 0 atom stereocenters. The number of hydrogen-bond donors (Lipinski definition) is 1. The minimum Gasteiger partial charge on any atom is -0.267 e. The van der Waals surface area contributed by atoms with Crippen LogP contribution in [0.2, 0.25) is 0 Å². The van der Waals surface area contributed by atoms with Crippen molar-refractivity contribution < 1.29 is 4.79 Å². The van der Waals surface area contributed by atoms with E-state index in [1.807, 2.05) is 49.4 Å². The molecule has 0 radical (unpaired) electrons. The maximum Gasteiger partial charge on any atom is 0.272 e. The third-order valence-electron chi connectivity index (χ3n) is 4.95. The first kappa shape index (κ1) is 20.0. The molecule has 0 aliphatic heterocycles. The second-order valence-electron chi connectivity index (χ2n) is 7.50. The van der Waals surface area contributed by atoms with Gasteiger partial charge in [0.15, 0.2) is 0 Å². The molecule has 0 fully saturated rings. The summed E-state index contributed by atoms with van der Waals surface area (Å²) < 4.78 is 0. The molecule has 4 nitrogen and oxygen atoms in total. The zero-order chi connectivity index (χ0) is 21.1. The fourth-order valence-electron chi connectivity index (χ4n) is 3.29. The van der Waals surface area contributed by atoms with Crippen LogP contribution >= 0.6 is 11.3 Å². The lowest BCUT2D eigenvalue weighted by atomic mass is 9.99. The van der Waals surface area contributed by atoms with E-state index >= 15 is 0 Å². The van der Waals surface area contributed by atoms with Crippen molar-refractivity contribution in [2.24, 2.45) is 5.10 Å². The van der Waals surface area contributed by atoms with Gasteiger partial charge < -0.3 is 0 Å². The zero-order valence-corrected chi connectivity index (χ0v) is 18.0. The van der Waals surface area contributed by atoms with Gasteiger partial charge in [0.25, 0.3) is 5.91 Å². The van der Waals surface area contributed by atoms with Crippen molar-refractivity contribution in [2.45, 2.75) is 26.7 Å². The Kier molecular flexibility index (Phi) is 5.72. The van der Waals surface area contributed by atoms with Crippen LogP contribution in [0.5, 0.6) is 0 Å². The van der Waals surface area contributed by atoms with Crippen LogP contribution in [0.4, 0.5) is 0 Å². The predicted molar refractivity (Wildman–Crippen MR) is 125 cm³/mol. The topological polar surface area (TPSA) is 54.4 Å². The summed E-state index contributed by atoms with van der Waals surface area (Å²) in [4.78, 5) is 19.9. The van der Waals surface area contributed by atoms with Crippen LogP contribution in [0.15, 0.2) is 71.8 Å². The fraction of sp³-hybridized carbons (Fsp3) is 0.160. The van der Waals surface area contributed by atoms with Crippen molar-refractivity contribution in [1.82, 2.24) is 10.4 Å². The van der Waals surface area contributed by atoms with E-state index in [4.69, 9.17) is 4.98 Å². The smallest absolute Gasteiger partial charge is 0.267 e. The molecule has 1 N–H and O–H groups in total. The number of carbonyl (C=O) groups excluding carboxylic acids is 1. The number of nitrogens with one attached hydrogen (secondary N) is 1. The Balaban J connectivity index is 1.67. The number of hydrogen-bond acceptors (Lipinski definition) is 4. The molecule has 0 saturated carbocycles. The molecule has 0 unspecified atom stereocenters. The lowest BCUT2D eigenvalue weighted by Gasteiger charge is -2.10. The van der Waals surface area contributed by atoms with Gasteiger partial charge in [-0.05, 0) is 42.7 Å². The molecule has 5 heteroatoms. The highest BCUT2D eigenvalue weighted by Crippen LogP contribution is 2.26. The lowest BCUT2D eigenvalue weighted by Crippen LogP contribution is -2.18. The molecule has 0 aliphatic rings. The quantitative estimate of drug-likeness (QED) is 0.315. The molecule has 30 heavy (non-hydrogen) atoms. The van der Waals surface area contributed by atoms with E-state index in [1.165, 1.54) is 10.4 Å². The molecule has 0 aliphatic carbocycles. The first-order valence-corrected chi connectivity index (χ1v) is 10.7. The van der Waals surface area contributed by atoms with Crippen LogP contribution < -0.4 is 5.43 Å². The van der Waals surface area contributed by atoms with Crippen molar-refractivity contribution in [2.75, 3.05) is 0 Å². The zero-order valence-electron chi connectivity index (χ0n) is 17.2. The van der Waals surface area contributed by atoms with Gasteiger partial charge in [-0.3, -0.25) is 4.79 Å². The second-order valence-corrected chi connectivity index (χ2v) is 8.82. The van der Waals surface area contributed by atoms with Crippen molar-refractivity contribution in [1.29, 1.82) is 0 Å². The van der Waals surface area contributed by atoms with Crippen molar-refractivity contribution >= 4 is 34.4 Å². The van der Waals surface area contributed by atoms with Gasteiger partial charge in [0.2, 0.25) is 0 Å². The van der Waals surface area contributed by atoms with Gasteiger partial charge in [-0.1, -0.05) is 56.3 Å². The summed E-state index contributed by atoms with van der Waals surface area (Å²) in [5.41, 5.74) is 7.03. The molecule has 2 aromatic heterocycles. The van der Waals surface area contributed by atoms with E-state index in [0.29, 0.717) is 11.5 Å². The SMILES string of the molecule is Cc1ccc(/C=N\NC(=O)c2cc(-c3ccc(C(C)C)cc3)nc3ccccc23)s1. The largest absolute Gasteiger partial charge is 0.272 e. The maximum absolute atomic E-state index is 12.9. The van der Waals surface area contributed by atoms with Gasteiger partial charge in [-0.15, -0.1) is 11.3 Å². The van der Waals surface area contributed by atoms with Gasteiger partial charge >= 0.3 is 0 Å². The maximum atomic E-state index is 12.9. The Morgan fingerprint density at radius 1 is 1.07 bits per heavy atom. The monoisotopic (exact) mass is 413 g/mol. The number of aromatic nitrogens is 1. The summed E-state index contributed by atoms with van der Waals surface area (Å²) >= 11 is 1.63. The van der Waals surface area contributed by atoms with Crippen LogP contribution in [-0.2, 0) is 0 Å². The van der Waals surface area contributed by atoms with Crippen LogP contribution in [0, 0.1) is 6.92 Å². The van der Waals surface area contributed by atoms with Crippen molar-refractivity contribution in [3.63, 3.8) is 0 Å². The first-order valence-electron chi connectivity index (χ1n) is 9.91. The van der Waals surface area contributed by atoms with Gasteiger partial charge in [0.1, 0.15) is 0 Å². The fourth-order valence-corrected chi connectivity index (χ4v) is 4.04. The molecule has 0 bridgehead atoms. The van der Waals surface area contributed by atoms with E-state index in [1.54, 1.807) is 17.6 Å². The Labute approximate surface area is 180 Å². The molecule has 150 valence electrons. The highest BCUT2D eigenvalue weighted by atomic mass is 32.1. The summed E-state index contributed by atoms with van der Waals surface area (Å²) in [5.74, 6) is 0.216. The molecule has 0 spiro atoms. The molecule has 2 aromatic carbocycles. The average molecular weight is 414 g/mol. The van der Waals surface area contributed by atoms with E-state index in [-0.39, 0.29) is 5.91 Å². The number of para-hydroxylation sites is 1. The summed E-state index contributed by atoms with van der Waals surface area (Å²) in [7, 11) is 0. The lowest BCUT2D eigenvalue weighted by molar-refractivity contribution is 0.0956. The number of fused-ring (bicyclic) bond motifs is 1. The molecule has 0 saturated heterocycles. The van der Waals surface area contributed by atoms with E-state index in [2.05, 4.69) is 48.6 Å². The highest BCUT2D eigenvalue weighted by molar-refractivity contribution is 7.13. The average Bonchev–Trinajstić information content (AvgIpc) is 3.17. The van der Waals surface area contributed by atoms with Crippen LogP contribution in [0.3, 0.4) is 0 Å². The molecule has 1 amide bonds. The Bertz CT molecular complexity index is 1220. The summed E-state index contributed by atoms with van der Waals surface area (Å²) in [6.45, 7) is 6.38. The number of hydrazone groups is 1. The first-order chi connectivity index (χ1) is 14.5. The number of rotatable bonds is 5. The van der Waals surface area contributed by atoms with Crippen molar-refractivity contribution in [3.05, 3.63) is 87.6 Å². The minimum atomic E-state index is -0.252. The number of aryl methyl sites for hydroxylation is 1. The summed E-state index contributed by atoms with van der Waals surface area (Å²) in [6.07, 6.45) is 1.67. The molecule has 4 aromatic rings. The Morgan fingerprint density at radius 2 is 1.83 bits per heavy atom. The Morgan fingerprint density at radius 3 is 2.53 bits per heavy atom. The van der Waals surface area contributed by atoms with Gasteiger partial charge in [-0.2, -0.15) is 5.10 Å². The van der Waals surface area contributed by atoms with Crippen LogP contribution in [-0.4, -0.2) is 17.1 Å². The molecule has 2 heterocycles. The molecule has 4 rings (SSSR count). The summed E-state index contributed by atoms with van der Waals surface area (Å²) in [5, 5.41) is 4.94. The van der Waals surface area contributed by atoms with Crippen LogP contribution in [0.1, 0.15) is 45.4 Å². The highest BCUT2D eigenvalue weighted by Gasteiger charge is 2.14. The van der Waals surface area contributed by atoms with Gasteiger partial charge in [0, 0.05) is 20.7 Å². The standard InChI is InChI=1S/C25H23N3OS/c1-16(2)18-9-11-19(12-10-18)24-14-22(21-6-4-5-7-23(21)27-24)25(29)28-26-15-20-13-8-17(3)30-20/h4-16H,1-3H3,(H,28,29)/b26-15-. The number of pyridine rings is 1. The normalized spacial score (nSPS) is 11.5. The number of nitrogens with zero attached hydrogens (tertiary/aromatic N) is 2. The third kappa shape index (κ3) is 4.31. The van der Waals surface area contributed by atoms with E-state index < -0.39 is 0 Å². The third-order valence-corrected chi connectivity index (χ3v) is 5.89. The predicted octanol–water partition coefficient (Wildman–Crippen LogP) is 6.16. The number of amides is 1. The van der Waals surface area contributed by atoms with Gasteiger partial charge in [-0.25, -0.2) is 10.4 Å². The number of carbonyl (C=O) groups is 1. The minimum absolute atomic E-state index is 0.252. The van der Waals surface area contributed by atoms with Crippen LogP contribution in [0.25, 0.3) is 22.2 Å². The number of benzene rings is 2. The van der Waals surface area contributed by atoms with Crippen molar-refractivity contribution in [3.8, 4) is 11.3 Å². The second kappa shape index (κ2) is 8.59. The molecular formula is C25H23N3OS. The van der Waals surface area contributed by atoms with E-state index in [0.717, 1.165) is 27.0 Å². The molecular weight excluding hydrogens is 390 g/mol. The number of thiophene rings is 1. The van der Waals surface area contributed by atoms with E-state index in [9.17, 15) is 4.79 Å². The van der Waals surface area contributed by atoms with Gasteiger partial charge in [0.05, 0.1) is 23.0 Å².